The molecule has 2 saturated carbocycles. The standard InChI is InChI=1S/C15H26O/c1-11-14(4)8-5-7-13(2,3)12(14)6-9-15(11)10-16-15/h11-12H,5-10H2,1-4H3/t11-,12?,14-,15+/m1/s1. The molecule has 92 valence electrons. The fourth-order valence-electron chi connectivity index (χ4n) is 5.10. The van der Waals surface area contributed by atoms with Gasteiger partial charge in [-0.1, -0.05) is 34.1 Å². The summed E-state index contributed by atoms with van der Waals surface area (Å²) < 4.78 is 5.83. The Morgan fingerprint density at radius 2 is 1.75 bits per heavy atom. The molecule has 4 atom stereocenters. The van der Waals surface area contributed by atoms with Gasteiger partial charge in [-0.25, -0.2) is 0 Å². The molecule has 3 fully saturated rings. The maximum absolute atomic E-state index is 5.83. The van der Waals surface area contributed by atoms with E-state index >= 15 is 0 Å². The molecule has 3 rings (SSSR count). The largest absolute Gasteiger partial charge is 0.369 e. The molecule has 0 bridgehead atoms. The van der Waals surface area contributed by atoms with Gasteiger partial charge in [-0.3, -0.25) is 0 Å². The molecule has 3 aliphatic rings. The molecule has 1 nitrogen and oxygen atoms in total. The minimum Gasteiger partial charge on any atom is -0.369 e. The predicted molar refractivity (Wildman–Crippen MR) is 66.3 cm³/mol. The normalized spacial score (nSPS) is 54.8. The van der Waals surface area contributed by atoms with E-state index in [0.29, 0.717) is 16.4 Å². The smallest absolute Gasteiger partial charge is 0.0947 e. The maximum atomic E-state index is 5.83. The van der Waals surface area contributed by atoms with Crippen molar-refractivity contribution >= 4 is 0 Å². The zero-order valence-electron chi connectivity index (χ0n) is 11.3. The Morgan fingerprint density at radius 3 is 2.38 bits per heavy atom. The van der Waals surface area contributed by atoms with Gasteiger partial charge in [0.05, 0.1) is 12.2 Å². The van der Waals surface area contributed by atoms with Gasteiger partial charge < -0.3 is 4.74 Å². The molecule has 0 amide bonds. The number of ether oxygens (including phenoxy) is 1. The van der Waals surface area contributed by atoms with E-state index < -0.39 is 0 Å². The molecular formula is C15H26O. The molecule has 0 radical (unpaired) electrons. The highest BCUT2D eigenvalue weighted by atomic mass is 16.6. The van der Waals surface area contributed by atoms with Gasteiger partial charge >= 0.3 is 0 Å². The van der Waals surface area contributed by atoms with Crippen LogP contribution in [0.1, 0.15) is 59.8 Å². The third-order valence-corrected chi connectivity index (χ3v) is 6.43. The Morgan fingerprint density at radius 1 is 1.06 bits per heavy atom. The summed E-state index contributed by atoms with van der Waals surface area (Å²) in [5.41, 5.74) is 1.40. The van der Waals surface area contributed by atoms with Crippen molar-refractivity contribution in [3.63, 3.8) is 0 Å². The second kappa shape index (κ2) is 3.04. The highest BCUT2D eigenvalue weighted by molar-refractivity contribution is 5.11. The molecule has 0 aromatic carbocycles. The topological polar surface area (TPSA) is 12.5 Å². The molecule has 1 spiro atoms. The van der Waals surface area contributed by atoms with Crippen molar-refractivity contribution in [3.05, 3.63) is 0 Å². The Hall–Kier alpha value is -0.0400. The zero-order valence-corrected chi connectivity index (χ0v) is 11.3. The van der Waals surface area contributed by atoms with Crippen molar-refractivity contribution in [1.82, 2.24) is 0 Å². The van der Waals surface area contributed by atoms with Gasteiger partial charge in [-0.15, -0.1) is 0 Å². The van der Waals surface area contributed by atoms with Crippen LogP contribution in [-0.4, -0.2) is 12.2 Å². The molecular weight excluding hydrogens is 196 g/mol. The number of fused-ring (bicyclic) bond motifs is 1. The lowest BCUT2D eigenvalue weighted by molar-refractivity contribution is -0.0980. The van der Waals surface area contributed by atoms with E-state index in [1.807, 2.05) is 0 Å². The summed E-state index contributed by atoms with van der Waals surface area (Å²) in [5.74, 6) is 1.68. The first kappa shape index (κ1) is 11.1. The third kappa shape index (κ3) is 1.27. The van der Waals surface area contributed by atoms with Crippen molar-refractivity contribution in [1.29, 1.82) is 0 Å². The van der Waals surface area contributed by atoms with Gasteiger partial charge in [0.25, 0.3) is 0 Å². The highest BCUT2D eigenvalue weighted by Gasteiger charge is 2.63. The van der Waals surface area contributed by atoms with E-state index in [4.69, 9.17) is 4.74 Å². The molecule has 0 aromatic rings. The molecule has 1 heteroatoms. The molecule has 1 heterocycles. The van der Waals surface area contributed by atoms with Crippen molar-refractivity contribution in [2.45, 2.75) is 65.4 Å². The van der Waals surface area contributed by atoms with Crippen LogP contribution in [0.4, 0.5) is 0 Å². The van der Waals surface area contributed by atoms with Crippen LogP contribution in [0.25, 0.3) is 0 Å². The Kier molecular flexibility index (Phi) is 2.11. The zero-order chi connectivity index (χ0) is 11.6. The van der Waals surface area contributed by atoms with Crippen LogP contribution in [0.5, 0.6) is 0 Å². The van der Waals surface area contributed by atoms with Crippen molar-refractivity contribution < 1.29 is 4.74 Å². The Balaban J connectivity index is 1.94. The van der Waals surface area contributed by atoms with Crippen LogP contribution < -0.4 is 0 Å². The lowest BCUT2D eigenvalue weighted by Crippen LogP contribution is -2.53. The molecule has 1 unspecified atom stereocenters. The molecule has 16 heavy (non-hydrogen) atoms. The second-order valence-corrected chi connectivity index (χ2v) is 7.51. The van der Waals surface area contributed by atoms with E-state index in [9.17, 15) is 0 Å². The first-order valence-electron chi connectivity index (χ1n) is 7.05. The third-order valence-electron chi connectivity index (χ3n) is 6.43. The van der Waals surface area contributed by atoms with Crippen LogP contribution in [0, 0.1) is 22.7 Å². The van der Waals surface area contributed by atoms with Crippen LogP contribution in [-0.2, 0) is 4.74 Å². The number of hydrogen-bond acceptors (Lipinski definition) is 1. The van der Waals surface area contributed by atoms with Gasteiger partial charge in [-0.2, -0.15) is 0 Å². The fourth-order valence-corrected chi connectivity index (χ4v) is 5.10. The van der Waals surface area contributed by atoms with Crippen LogP contribution in [0.2, 0.25) is 0 Å². The SMILES string of the molecule is C[C@H]1[C@]2(CCC3C(C)(C)CCC[C@@]31C)CO2. The first-order valence-corrected chi connectivity index (χ1v) is 7.05. The second-order valence-electron chi connectivity index (χ2n) is 7.51. The van der Waals surface area contributed by atoms with E-state index in [1.165, 1.54) is 32.1 Å². The summed E-state index contributed by atoms with van der Waals surface area (Å²) in [6.45, 7) is 11.0. The summed E-state index contributed by atoms with van der Waals surface area (Å²) in [4.78, 5) is 0. The van der Waals surface area contributed by atoms with Gasteiger partial charge in [0.1, 0.15) is 0 Å². The number of hydrogen-bond donors (Lipinski definition) is 0. The van der Waals surface area contributed by atoms with Gasteiger partial charge in [0, 0.05) is 0 Å². The van der Waals surface area contributed by atoms with E-state index in [-0.39, 0.29) is 0 Å². The van der Waals surface area contributed by atoms with Gasteiger partial charge in [-0.05, 0) is 48.3 Å². The Bertz CT molecular complexity index is 303. The van der Waals surface area contributed by atoms with Crippen LogP contribution in [0.15, 0.2) is 0 Å². The van der Waals surface area contributed by atoms with Crippen LogP contribution >= 0.6 is 0 Å². The number of rotatable bonds is 0. The molecule has 0 N–H and O–H groups in total. The van der Waals surface area contributed by atoms with Gasteiger partial charge in [0.15, 0.2) is 0 Å². The quantitative estimate of drug-likeness (QED) is 0.564. The maximum Gasteiger partial charge on any atom is 0.0947 e. The van der Waals surface area contributed by atoms with Crippen molar-refractivity contribution in [2.24, 2.45) is 22.7 Å². The Labute approximate surface area is 99.9 Å². The lowest BCUT2D eigenvalue weighted by atomic mass is 9.47. The first-order chi connectivity index (χ1) is 7.41. The highest BCUT2D eigenvalue weighted by Crippen LogP contribution is 2.65. The monoisotopic (exact) mass is 222 g/mol. The molecule has 0 aromatic heterocycles. The summed E-state index contributed by atoms with van der Waals surface area (Å²) in [6, 6.07) is 0. The minimum atomic E-state index is 0.304. The van der Waals surface area contributed by atoms with Gasteiger partial charge in [0.2, 0.25) is 0 Å². The van der Waals surface area contributed by atoms with Crippen molar-refractivity contribution in [3.8, 4) is 0 Å². The summed E-state index contributed by atoms with van der Waals surface area (Å²) in [6.07, 6.45) is 6.98. The van der Waals surface area contributed by atoms with Crippen LogP contribution in [0.3, 0.4) is 0 Å². The van der Waals surface area contributed by atoms with E-state index in [1.54, 1.807) is 0 Å². The van der Waals surface area contributed by atoms with E-state index in [2.05, 4.69) is 27.7 Å². The summed E-state index contributed by atoms with van der Waals surface area (Å²) >= 11 is 0. The molecule has 1 saturated heterocycles. The average molecular weight is 222 g/mol. The fraction of sp³-hybridized carbons (Fsp3) is 1.00. The summed E-state index contributed by atoms with van der Waals surface area (Å²) in [5, 5.41) is 0. The average Bonchev–Trinajstić information content (AvgIpc) is 2.94. The number of epoxide rings is 1. The lowest BCUT2D eigenvalue weighted by Gasteiger charge is -2.58. The minimum absolute atomic E-state index is 0.304. The van der Waals surface area contributed by atoms with E-state index in [0.717, 1.165) is 18.4 Å². The molecule has 2 aliphatic carbocycles. The molecule has 1 aliphatic heterocycles. The van der Waals surface area contributed by atoms with Crippen molar-refractivity contribution in [2.75, 3.05) is 6.61 Å². The summed E-state index contributed by atoms with van der Waals surface area (Å²) in [7, 11) is 0. The predicted octanol–water partition coefficient (Wildman–Crippen LogP) is 4.02.